The van der Waals surface area contributed by atoms with Crippen LogP contribution in [-0.2, 0) is 11.2 Å². The molecular formula is C15H22N2O. The average Bonchev–Trinajstić information content (AvgIpc) is 2.34. The van der Waals surface area contributed by atoms with Crippen molar-refractivity contribution >= 4 is 12.0 Å². The molecule has 0 amide bonds. The fraction of sp³-hybridized carbons (Fsp3) is 0.533. The predicted molar refractivity (Wildman–Crippen MR) is 74.8 cm³/mol. The summed E-state index contributed by atoms with van der Waals surface area (Å²) in [6, 6.07) is 8.35. The quantitative estimate of drug-likeness (QED) is 0.828. The van der Waals surface area contributed by atoms with E-state index < -0.39 is 0 Å². The van der Waals surface area contributed by atoms with Crippen molar-refractivity contribution in [2.24, 2.45) is 5.73 Å². The molecule has 0 saturated heterocycles. The number of nitrogens with two attached hydrogens (primary N) is 1. The Balaban J connectivity index is 2.21. The Morgan fingerprint density at radius 3 is 2.83 bits per heavy atom. The normalized spacial score (nSPS) is 19.5. The highest BCUT2D eigenvalue weighted by molar-refractivity contribution is 5.69. The summed E-state index contributed by atoms with van der Waals surface area (Å²) in [6.07, 6.45) is 3.85. The lowest BCUT2D eigenvalue weighted by Gasteiger charge is -2.37. The lowest BCUT2D eigenvalue weighted by Crippen LogP contribution is -2.44. The number of nitrogens with zero attached hydrogens (tertiary/aromatic N) is 1. The molecule has 1 aromatic rings. The summed E-state index contributed by atoms with van der Waals surface area (Å²) in [5, 5.41) is 0. The Bertz CT molecular complexity index is 423. The minimum absolute atomic E-state index is 0.00208. The van der Waals surface area contributed by atoms with E-state index >= 15 is 0 Å². The molecule has 1 unspecified atom stereocenters. The van der Waals surface area contributed by atoms with Crippen LogP contribution in [0.4, 0.5) is 5.69 Å². The monoisotopic (exact) mass is 246 g/mol. The van der Waals surface area contributed by atoms with Gasteiger partial charge in [0.2, 0.25) is 0 Å². The zero-order valence-electron chi connectivity index (χ0n) is 11.2. The van der Waals surface area contributed by atoms with Crippen LogP contribution in [-0.4, -0.2) is 24.4 Å². The van der Waals surface area contributed by atoms with Crippen LogP contribution in [0, 0.1) is 0 Å². The van der Waals surface area contributed by atoms with Gasteiger partial charge in [-0.15, -0.1) is 0 Å². The molecule has 1 aromatic carbocycles. The van der Waals surface area contributed by atoms with E-state index in [0.717, 1.165) is 32.1 Å². The summed E-state index contributed by atoms with van der Waals surface area (Å²) in [4.78, 5) is 13.4. The number of hydrogen-bond acceptors (Lipinski definition) is 3. The summed E-state index contributed by atoms with van der Waals surface area (Å²) >= 11 is 0. The van der Waals surface area contributed by atoms with Crippen LogP contribution in [0.1, 0.15) is 32.3 Å². The predicted octanol–water partition coefficient (Wildman–Crippen LogP) is 2.13. The first-order valence-electron chi connectivity index (χ1n) is 6.60. The van der Waals surface area contributed by atoms with Gasteiger partial charge in [0.05, 0.1) is 6.04 Å². The summed E-state index contributed by atoms with van der Waals surface area (Å²) in [7, 11) is 0. The summed E-state index contributed by atoms with van der Waals surface area (Å²) in [5.74, 6) is 0. The standard InChI is InChI=1S/C15H22N2O/c1-15(2,16)9-10-17-13(11-18)8-7-12-5-3-4-6-14(12)17/h3-6,11,13H,7-10,16H2,1-2H3. The highest BCUT2D eigenvalue weighted by Gasteiger charge is 2.26. The van der Waals surface area contributed by atoms with Gasteiger partial charge in [-0.1, -0.05) is 18.2 Å². The number of carbonyl (C=O) groups excluding carboxylic acids is 1. The van der Waals surface area contributed by atoms with Crippen molar-refractivity contribution in [1.29, 1.82) is 0 Å². The van der Waals surface area contributed by atoms with E-state index in [1.54, 1.807) is 0 Å². The van der Waals surface area contributed by atoms with Gasteiger partial charge in [0.25, 0.3) is 0 Å². The van der Waals surface area contributed by atoms with E-state index in [4.69, 9.17) is 5.73 Å². The van der Waals surface area contributed by atoms with Gasteiger partial charge >= 0.3 is 0 Å². The molecule has 0 fully saturated rings. The Kier molecular flexibility index (Phi) is 3.71. The highest BCUT2D eigenvalue weighted by Crippen LogP contribution is 2.30. The lowest BCUT2D eigenvalue weighted by atomic mass is 9.94. The fourth-order valence-electron chi connectivity index (χ4n) is 2.48. The molecule has 2 N–H and O–H groups in total. The summed E-state index contributed by atoms with van der Waals surface area (Å²) in [6.45, 7) is 4.89. The van der Waals surface area contributed by atoms with Gasteiger partial charge in [0, 0.05) is 17.8 Å². The molecular weight excluding hydrogens is 224 g/mol. The molecule has 0 saturated carbocycles. The molecule has 18 heavy (non-hydrogen) atoms. The number of benzene rings is 1. The zero-order chi connectivity index (χ0) is 13.2. The maximum atomic E-state index is 11.2. The van der Waals surface area contributed by atoms with Gasteiger partial charge in [-0.05, 0) is 44.7 Å². The molecule has 3 nitrogen and oxygen atoms in total. The minimum atomic E-state index is -0.195. The first kappa shape index (κ1) is 13.1. The molecule has 0 aliphatic carbocycles. The van der Waals surface area contributed by atoms with E-state index in [-0.39, 0.29) is 11.6 Å². The minimum Gasteiger partial charge on any atom is -0.361 e. The molecule has 1 aliphatic rings. The molecule has 1 atom stereocenters. The molecule has 0 spiro atoms. The first-order valence-corrected chi connectivity index (χ1v) is 6.60. The second kappa shape index (κ2) is 5.11. The van der Waals surface area contributed by atoms with Gasteiger partial charge in [-0.3, -0.25) is 0 Å². The van der Waals surface area contributed by atoms with Crippen molar-refractivity contribution in [1.82, 2.24) is 0 Å². The number of carbonyl (C=O) groups is 1. The fourth-order valence-corrected chi connectivity index (χ4v) is 2.48. The van der Waals surface area contributed by atoms with Crippen molar-refractivity contribution in [3.8, 4) is 0 Å². The van der Waals surface area contributed by atoms with Crippen molar-refractivity contribution in [2.75, 3.05) is 11.4 Å². The van der Waals surface area contributed by atoms with Crippen LogP contribution < -0.4 is 10.6 Å². The van der Waals surface area contributed by atoms with E-state index in [9.17, 15) is 4.79 Å². The maximum Gasteiger partial charge on any atom is 0.142 e. The Labute approximate surface area is 109 Å². The molecule has 1 heterocycles. The third-order valence-corrected chi connectivity index (χ3v) is 3.56. The number of para-hydroxylation sites is 1. The largest absolute Gasteiger partial charge is 0.361 e. The number of aryl methyl sites for hydroxylation is 1. The second-order valence-electron chi connectivity index (χ2n) is 5.80. The zero-order valence-corrected chi connectivity index (χ0v) is 11.2. The van der Waals surface area contributed by atoms with E-state index in [1.807, 2.05) is 19.9 Å². The van der Waals surface area contributed by atoms with Crippen molar-refractivity contribution in [2.45, 2.75) is 44.7 Å². The number of hydrogen-bond donors (Lipinski definition) is 1. The number of aldehydes is 1. The van der Waals surface area contributed by atoms with Gasteiger partial charge in [-0.25, -0.2) is 0 Å². The molecule has 3 heteroatoms. The topological polar surface area (TPSA) is 46.3 Å². The average molecular weight is 246 g/mol. The maximum absolute atomic E-state index is 11.2. The molecule has 98 valence electrons. The molecule has 0 radical (unpaired) electrons. The van der Waals surface area contributed by atoms with Gasteiger partial charge in [0.15, 0.2) is 0 Å². The first-order chi connectivity index (χ1) is 8.51. The van der Waals surface area contributed by atoms with Crippen LogP contribution in [0.2, 0.25) is 0 Å². The highest BCUT2D eigenvalue weighted by atomic mass is 16.1. The lowest BCUT2D eigenvalue weighted by molar-refractivity contribution is -0.109. The smallest absolute Gasteiger partial charge is 0.142 e. The Morgan fingerprint density at radius 2 is 2.17 bits per heavy atom. The van der Waals surface area contributed by atoms with Crippen LogP contribution in [0.3, 0.4) is 0 Å². The second-order valence-corrected chi connectivity index (χ2v) is 5.80. The Morgan fingerprint density at radius 1 is 1.44 bits per heavy atom. The van der Waals surface area contributed by atoms with Gasteiger partial charge in [-0.2, -0.15) is 0 Å². The van der Waals surface area contributed by atoms with Gasteiger partial charge in [0.1, 0.15) is 6.29 Å². The summed E-state index contributed by atoms with van der Waals surface area (Å²) in [5.41, 5.74) is 8.39. The van der Waals surface area contributed by atoms with Crippen LogP contribution >= 0.6 is 0 Å². The third-order valence-electron chi connectivity index (χ3n) is 3.56. The van der Waals surface area contributed by atoms with E-state index in [0.29, 0.717) is 0 Å². The third kappa shape index (κ3) is 2.91. The van der Waals surface area contributed by atoms with Crippen molar-refractivity contribution in [3.63, 3.8) is 0 Å². The van der Waals surface area contributed by atoms with Gasteiger partial charge < -0.3 is 15.4 Å². The number of rotatable bonds is 4. The molecule has 1 aliphatic heterocycles. The van der Waals surface area contributed by atoms with Crippen molar-refractivity contribution in [3.05, 3.63) is 29.8 Å². The summed E-state index contributed by atoms with van der Waals surface area (Å²) < 4.78 is 0. The SMILES string of the molecule is CC(C)(N)CCN1c2ccccc2CCC1C=O. The van der Waals surface area contributed by atoms with Crippen LogP contribution in [0.25, 0.3) is 0 Å². The van der Waals surface area contributed by atoms with Crippen LogP contribution in [0.5, 0.6) is 0 Å². The molecule has 0 bridgehead atoms. The Hall–Kier alpha value is -1.35. The van der Waals surface area contributed by atoms with E-state index in [2.05, 4.69) is 23.1 Å². The molecule has 2 rings (SSSR count). The number of anilines is 1. The molecule has 0 aromatic heterocycles. The van der Waals surface area contributed by atoms with E-state index in [1.165, 1.54) is 11.3 Å². The van der Waals surface area contributed by atoms with Crippen LogP contribution in [0.15, 0.2) is 24.3 Å². The van der Waals surface area contributed by atoms with Crippen molar-refractivity contribution < 1.29 is 4.79 Å². The number of fused-ring (bicyclic) bond motifs is 1.